The Balaban J connectivity index is 1.57. The Morgan fingerprint density at radius 3 is 2.90 bits per heavy atom. The van der Waals surface area contributed by atoms with Crippen LogP contribution in [0.1, 0.15) is 43.4 Å². The molecule has 9 heteroatoms. The van der Waals surface area contributed by atoms with E-state index in [1.807, 2.05) is 19.9 Å². The Labute approximate surface area is 171 Å². The molecule has 3 heterocycles. The van der Waals surface area contributed by atoms with Crippen molar-refractivity contribution in [1.29, 1.82) is 0 Å². The summed E-state index contributed by atoms with van der Waals surface area (Å²) in [6.07, 6.45) is 5.23. The van der Waals surface area contributed by atoms with Crippen molar-refractivity contribution in [3.63, 3.8) is 0 Å². The lowest BCUT2D eigenvalue weighted by atomic mass is 9.91. The zero-order valence-electron chi connectivity index (χ0n) is 16.8. The molecular formula is C21H22N4O5. The van der Waals surface area contributed by atoms with Gasteiger partial charge in [0, 0.05) is 17.2 Å². The minimum Gasteiger partial charge on any atom is -0.487 e. The highest BCUT2D eigenvalue weighted by atomic mass is 16.5. The van der Waals surface area contributed by atoms with E-state index < -0.39 is 0 Å². The molecule has 5 rings (SSSR count). The summed E-state index contributed by atoms with van der Waals surface area (Å²) in [6, 6.07) is 1.82. The molecule has 0 saturated heterocycles. The number of hydrogen-bond donors (Lipinski definition) is 2. The minimum absolute atomic E-state index is 0.230. The maximum absolute atomic E-state index is 12.6. The highest BCUT2D eigenvalue weighted by Gasteiger charge is 2.32. The number of aryl methyl sites for hydroxylation is 2. The van der Waals surface area contributed by atoms with Crippen LogP contribution in [0.2, 0.25) is 0 Å². The first kappa shape index (κ1) is 18.7. The predicted molar refractivity (Wildman–Crippen MR) is 108 cm³/mol. The van der Waals surface area contributed by atoms with Gasteiger partial charge in [-0.3, -0.25) is 10.1 Å². The van der Waals surface area contributed by atoms with Gasteiger partial charge in [-0.1, -0.05) is 0 Å². The Morgan fingerprint density at radius 1 is 1.27 bits per heavy atom. The summed E-state index contributed by atoms with van der Waals surface area (Å²) in [7, 11) is 0. The molecule has 0 bridgehead atoms. The fourth-order valence-corrected chi connectivity index (χ4v) is 4.24. The molecule has 1 aliphatic heterocycles. The molecule has 2 N–H and O–H groups in total. The van der Waals surface area contributed by atoms with Gasteiger partial charge in [-0.25, -0.2) is 9.89 Å². The number of H-pyrrole nitrogens is 1. The first-order valence-electron chi connectivity index (χ1n) is 10.0. The average molecular weight is 410 g/mol. The molecule has 0 radical (unpaired) electrons. The van der Waals surface area contributed by atoms with Gasteiger partial charge in [0.05, 0.1) is 5.39 Å². The molecule has 0 saturated carbocycles. The van der Waals surface area contributed by atoms with E-state index in [4.69, 9.17) is 13.9 Å². The van der Waals surface area contributed by atoms with Crippen molar-refractivity contribution in [1.82, 2.24) is 15.2 Å². The average Bonchev–Trinajstić information content (AvgIpc) is 3.37. The molecule has 1 amide bonds. The number of carbonyl (C=O) groups is 1. The number of benzene rings is 1. The number of ether oxygens (including phenoxy) is 2. The normalized spacial score (nSPS) is 16.6. The third kappa shape index (κ3) is 3.20. The molecule has 1 aromatic carbocycles. The summed E-state index contributed by atoms with van der Waals surface area (Å²) in [5.41, 5.74) is 2.43. The number of amides is 1. The van der Waals surface area contributed by atoms with Crippen molar-refractivity contribution in [3.05, 3.63) is 39.5 Å². The highest BCUT2D eigenvalue weighted by Crippen LogP contribution is 2.44. The Hall–Kier alpha value is -3.36. The molecule has 1 aliphatic carbocycles. The van der Waals surface area contributed by atoms with Gasteiger partial charge in [0.25, 0.3) is 5.91 Å². The lowest BCUT2D eigenvalue weighted by molar-refractivity contribution is -0.118. The smallest absolute Gasteiger partial charge is 0.339 e. The maximum Gasteiger partial charge on any atom is 0.339 e. The van der Waals surface area contributed by atoms with Gasteiger partial charge < -0.3 is 13.9 Å². The summed E-state index contributed by atoms with van der Waals surface area (Å²) in [6.45, 7) is 3.81. The fraction of sp³-hybridized carbons (Fsp3) is 0.429. The summed E-state index contributed by atoms with van der Waals surface area (Å²) in [5.74, 6) is 0.977. The van der Waals surface area contributed by atoms with E-state index in [9.17, 15) is 9.59 Å². The number of fused-ring (bicyclic) bond motifs is 5. The van der Waals surface area contributed by atoms with Crippen LogP contribution in [0.3, 0.4) is 0 Å². The lowest BCUT2D eigenvalue weighted by Gasteiger charge is -2.33. The van der Waals surface area contributed by atoms with E-state index >= 15 is 0 Å². The number of nitrogens with one attached hydrogen (secondary N) is 2. The largest absolute Gasteiger partial charge is 0.487 e. The van der Waals surface area contributed by atoms with Crippen LogP contribution < -0.4 is 20.4 Å². The highest BCUT2D eigenvalue weighted by molar-refractivity contribution is 5.94. The van der Waals surface area contributed by atoms with Gasteiger partial charge in [-0.2, -0.15) is 10.1 Å². The van der Waals surface area contributed by atoms with Gasteiger partial charge in [-0.15, -0.1) is 0 Å². The Kier molecular flexibility index (Phi) is 4.27. The SMILES string of the molecule is CC1(C)CCc2c(cc(OCC(=O)Nc3ncn[nH]3)c3c4c(c(=O)oc23)CCC4)O1. The molecule has 0 atom stereocenters. The van der Waals surface area contributed by atoms with E-state index in [0.717, 1.165) is 42.2 Å². The van der Waals surface area contributed by atoms with Gasteiger partial charge >= 0.3 is 5.63 Å². The zero-order valence-corrected chi connectivity index (χ0v) is 16.8. The second-order valence-corrected chi connectivity index (χ2v) is 8.29. The second-order valence-electron chi connectivity index (χ2n) is 8.29. The predicted octanol–water partition coefficient (Wildman–Crippen LogP) is 2.52. The molecule has 30 heavy (non-hydrogen) atoms. The quantitative estimate of drug-likeness (QED) is 0.634. The topological polar surface area (TPSA) is 119 Å². The number of hydrogen-bond acceptors (Lipinski definition) is 7. The van der Waals surface area contributed by atoms with E-state index in [2.05, 4.69) is 20.5 Å². The third-order valence-electron chi connectivity index (χ3n) is 5.66. The fourth-order valence-electron chi connectivity index (χ4n) is 4.24. The van der Waals surface area contributed by atoms with Crippen LogP contribution in [-0.2, 0) is 24.1 Å². The van der Waals surface area contributed by atoms with Gasteiger partial charge in [-0.05, 0) is 51.5 Å². The molecule has 9 nitrogen and oxygen atoms in total. The number of carbonyl (C=O) groups excluding carboxylic acids is 1. The minimum atomic E-state index is -0.382. The van der Waals surface area contributed by atoms with Crippen molar-refractivity contribution in [2.45, 2.75) is 51.6 Å². The van der Waals surface area contributed by atoms with Crippen molar-refractivity contribution in [2.24, 2.45) is 0 Å². The zero-order chi connectivity index (χ0) is 20.9. The maximum atomic E-state index is 12.6. The van der Waals surface area contributed by atoms with Crippen molar-refractivity contribution in [2.75, 3.05) is 11.9 Å². The molecule has 0 fully saturated rings. The molecule has 3 aromatic rings. The number of rotatable bonds is 4. The molecule has 2 aromatic heterocycles. The van der Waals surface area contributed by atoms with Crippen LogP contribution >= 0.6 is 0 Å². The second kappa shape index (κ2) is 6.86. The summed E-state index contributed by atoms with van der Waals surface area (Å²) >= 11 is 0. The standard InChI is InChI=1S/C21H22N4O5/c1-21(2)7-6-13-14(30-21)8-15(28-9-16(26)24-20-22-10-23-25-20)17-11-4-3-5-12(11)19(27)29-18(13)17/h8,10H,3-7,9H2,1-2H3,(H2,22,23,24,25,26). The van der Waals surface area contributed by atoms with Crippen LogP contribution in [0.15, 0.2) is 21.6 Å². The van der Waals surface area contributed by atoms with Crippen molar-refractivity contribution in [3.8, 4) is 11.5 Å². The number of aromatic amines is 1. The van der Waals surface area contributed by atoms with Crippen molar-refractivity contribution < 1.29 is 18.7 Å². The van der Waals surface area contributed by atoms with Crippen LogP contribution in [0.5, 0.6) is 11.5 Å². The number of nitrogens with zero attached hydrogens (tertiary/aromatic N) is 2. The van der Waals surface area contributed by atoms with E-state index in [-0.39, 0.29) is 29.7 Å². The van der Waals surface area contributed by atoms with Crippen molar-refractivity contribution >= 4 is 22.8 Å². The van der Waals surface area contributed by atoms with E-state index in [1.165, 1.54) is 6.33 Å². The van der Waals surface area contributed by atoms with E-state index in [1.54, 1.807) is 0 Å². The first-order chi connectivity index (χ1) is 14.4. The third-order valence-corrected chi connectivity index (χ3v) is 5.66. The van der Waals surface area contributed by atoms with Crippen LogP contribution in [0.4, 0.5) is 5.95 Å². The Morgan fingerprint density at radius 2 is 2.10 bits per heavy atom. The Bertz CT molecular complexity index is 1200. The lowest BCUT2D eigenvalue weighted by Crippen LogP contribution is -2.32. The summed E-state index contributed by atoms with van der Waals surface area (Å²) in [4.78, 5) is 28.7. The molecule has 156 valence electrons. The van der Waals surface area contributed by atoms with Gasteiger partial charge in [0.2, 0.25) is 5.95 Å². The number of anilines is 1. The van der Waals surface area contributed by atoms with Crippen LogP contribution in [-0.4, -0.2) is 33.3 Å². The van der Waals surface area contributed by atoms with E-state index in [0.29, 0.717) is 29.1 Å². The molecule has 0 spiro atoms. The van der Waals surface area contributed by atoms with Crippen LogP contribution in [0.25, 0.3) is 11.0 Å². The molecule has 0 unspecified atom stereocenters. The van der Waals surface area contributed by atoms with Gasteiger partial charge in [0.1, 0.15) is 29.0 Å². The molecular weight excluding hydrogens is 388 g/mol. The molecule has 2 aliphatic rings. The number of aromatic nitrogens is 3. The summed E-state index contributed by atoms with van der Waals surface area (Å²) < 4.78 is 17.8. The monoisotopic (exact) mass is 410 g/mol. The summed E-state index contributed by atoms with van der Waals surface area (Å²) in [5, 5.41) is 9.62. The van der Waals surface area contributed by atoms with Gasteiger partial charge in [0.15, 0.2) is 6.61 Å². The first-order valence-corrected chi connectivity index (χ1v) is 10.0. The van der Waals surface area contributed by atoms with Crippen LogP contribution in [0, 0.1) is 0 Å².